The van der Waals surface area contributed by atoms with Crippen LogP contribution in [0.4, 0.5) is 17.5 Å². The number of anilines is 3. The van der Waals surface area contributed by atoms with E-state index in [2.05, 4.69) is 43.7 Å². The number of hydrogen-bond acceptors (Lipinski definition) is 8. The quantitative estimate of drug-likeness (QED) is 0.592. The standard InChI is InChI=1S/C22H24N8O/c1-22(13-31)12-25-20-15(10-23)7-14(8-17(20)22)18-3-4-24-21(26-18)27-19-9-16-11-29(2)5-6-30(16)28-19/h3-4,7-9,25,31H,5-6,11-13H2,1-2H3,(H,24,26,27,28). The molecule has 31 heavy (non-hydrogen) atoms. The maximum absolute atomic E-state index is 9.92. The Kier molecular flexibility index (Phi) is 4.61. The number of hydrogen-bond donors (Lipinski definition) is 3. The Hall–Kier alpha value is -3.48. The number of nitriles is 1. The molecular formula is C22H24N8O. The minimum Gasteiger partial charge on any atom is -0.395 e. The van der Waals surface area contributed by atoms with E-state index in [1.807, 2.05) is 35.9 Å². The number of likely N-dealkylation sites (N-methyl/N-ethyl adjacent to an activating group) is 1. The Labute approximate surface area is 180 Å². The topological polar surface area (TPSA) is 115 Å². The van der Waals surface area contributed by atoms with Gasteiger partial charge in [0.25, 0.3) is 0 Å². The molecule has 0 spiro atoms. The van der Waals surface area contributed by atoms with Gasteiger partial charge in [0.05, 0.1) is 35.8 Å². The second kappa shape index (κ2) is 7.34. The van der Waals surface area contributed by atoms with Gasteiger partial charge in [-0.15, -0.1) is 0 Å². The summed E-state index contributed by atoms with van der Waals surface area (Å²) in [5.74, 6) is 1.16. The number of aliphatic hydroxyl groups is 1. The number of nitrogens with one attached hydrogen (secondary N) is 2. The molecule has 1 unspecified atom stereocenters. The largest absolute Gasteiger partial charge is 0.395 e. The predicted octanol–water partition coefficient (Wildman–Crippen LogP) is 2.08. The summed E-state index contributed by atoms with van der Waals surface area (Å²) >= 11 is 0. The Morgan fingerprint density at radius 2 is 2.19 bits per heavy atom. The summed E-state index contributed by atoms with van der Waals surface area (Å²) in [5.41, 5.74) is 4.51. The smallest absolute Gasteiger partial charge is 0.228 e. The van der Waals surface area contributed by atoms with E-state index < -0.39 is 5.41 Å². The van der Waals surface area contributed by atoms with Crippen molar-refractivity contribution in [3.05, 3.63) is 47.3 Å². The summed E-state index contributed by atoms with van der Waals surface area (Å²) in [4.78, 5) is 11.3. The Bertz CT molecular complexity index is 1200. The molecular weight excluding hydrogens is 392 g/mol. The SMILES string of the molecule is CN1CCn2nc(Nc3nccc(-c4cc(C#N)c5c(c4)C(C)(CO)CN5)n3)cc2C1. The van der Waals surface area contributed by atoms with E-state index >= 15 is 0 Å². The molecule has 9 heteroatoms. The maximum atomic E-state index is 9.92. The lowest BCUT2D eigenvalue weighted by Gasteiger charge is -2.22. The highest BCUT2D eigenvalue weighted by molar-refractivity contribution is 5.76. The van der Waals surface area contributed by atoms with Gasteiger partial charge in [0.1, 0.15) is 6.07 Å². The zero-order valence-electron chi connectivity index (χ0n) is 17.6. The lowest BCUT2D eigenvalue weighted by atomic mass is 9.83. The Balaban J connectivity index is 1.47. The highest BCUT2D eigenvalue weighted by Gasteiger charge is 2.36. The van der Waals surface area contributed by atoms with Gasteiger partial charge < -0.3 is 15.7 Å². The highest BCUT2D eigenvalue weighted by Crippen LogP contribution is 2.41. The summed E-state index contributed by atoms with van der Waals surface area (Å²) in [7, 11) is 2.10. The van der Waals surface area contributed by atoms with Gasteiger partial charge in [-0.25, -0.2) is 9.97 Å². The van der Waals surface area contributed by atoms with Gasteiger partial charge in [0, 0.05) is 42.9 Å². The lowest BCUT2D eigenvalue weighted by molar-refractivity contribution is 0.219. The second-order valence-corrected chi connectivity index (χ2v) is 8.50. The molecule has 0 saturated heterocycles. The van der Waals surface area contributed by atoms with Crippen molar-refractivity contribution in [1.29, 1.82) is 5.26 Å². The number of nitrogens with zero attached hydrogens (tertiary/aromatic N) is 6. The summed E-state index contributed by atoms with van der Waals surface area (Å²) in [6, 6.07) is 9.93. The van der Waals surface area contributed by atoms with Crippen molar-refractivity contribution in [2.75, 3.05) is 37.4 Å². The fourth-order valence-corrected chi connectivity index (χ4v) is 4.22. The maximum Gasteiger partial charge on any atom is 0.228 e. The minimum atomic E-state index is -0.437. The van der Waals surface area contributed by atoms with Gasteiger partial charge in [-0.3, -0.25) is 9.58 Å². The van der Waals surface area contributed by atoms with Crippen molar-refractivity contribution in [3.63, 3.8) is 0 Å². The van der Waals surface area contributed by atoms with Crippen molar-refractivity contribution >= 4 is 17.5 Å². The van der Waals surface area contributed by atoms with E-state index in [0.717, 1.165) is 42.1 Å². The summed E-state index contributed by atoms with van der Waals surface area (Å²) in [6.07, 6.45) is 1.69. The first-order valence-corrected chi connectivity index (χ1v) is 10.3. The summed E-state index contributed by atoms with van der Waals surface area (Å²) < 4.78 is 2.01. The molecule has 2 aliphatic rings. The number of benzene rings is 1. The fraction of sp³-hybridized carbons (Fsp3) is 0.364. The molecule has 158 valence electrons. The van der Waals surface area contributed by atoms with Gasteiger partial charge in [-0.1, -0.05) is 6.92 Å². The monoisotopic (exact) mass is 416 g/mol. The molecule has 0 radical (unpaired) electrons. The van der Waals surface area contributed by atoms with Crippen LogP contribution in [0.2, 0.25) is 0 Å². The first-order chi connectivity index (χ1) is 15.0. The third-order valence-electron chi connectivity index (χ3n) is 6.09. The van der Waals surface area contributed by atoms with Gasteiger partial charge in [-0.2, -0.15) is 10.4 Å². The molecule has 3 aromatic rings. The molecule has 9 nitrogen and oxygen atoms in total. The molecule has 3 N–H and O–H groups in total. The molecule has 2 aromatic heterocycles. The van der Waals surface area contributed by atoms with E-state index in [1.165, 1.54) is 0 Å². The molecule has 2 aliphatic heterocycles. The van der Waals surface area contributed by atoms with Crippen molar-refractivity contribution in [2.24, 2.45) is 0 Å². The van der Waals surface area contributed by atoms with Crippen molar-refractivity contribution in [1.82, 2.24) is 24.6 Å². The third kappa shape index (κ3) is 3.40. The van der Waals surface area contributed by atoms with Crippen LogP contribution in [0.3, 0.4) is 0 Å². The molecule has 0 saturated carbocycles. The average Bonchev–Trinajstić information content (AvgIpc) is 3.33. The summed E-state index contributed by atoms with van der Waals surface area (Å²) in [6.45, 7) is 5.27. The zero-order chi connectivity index (χ0) is 21.6. The number of aliphatic hydroxyl groups excluding tert-OH is 1. The molecule has 1 atom stereocenters. The van der Waals surface area contributed by atoms with Gasteiger partial charge >= 0.3 is 0 Å². The number of aromatic nitrogens is 4. The lowest BCUT2D eigenvalue weighted by Crippen LogP contribution is -2.30. The zero-order valence-corrected chi connectivity index (χ0v) is 17.6. The fourth-order valence-electron chi connectivity index (χ4n) is 4.22. The van der Waals surface area contributed by atoms with Crippen LogP contribution in [-0.2, 0) is 18.5 Å². The minimum absolute atomic E-state index is 0.00190. The molecule has 1 aromatic carbocycles. The first-order valence-electron chi connectivity index (χ1n) is 10.3. The average molecular weight is 416 g/mol. The highest BCUT2D eigenvalue weighted by atomic mass is 16.3. The van der Waals surface area contributed by atoms with E-state index in [1.54, 1.807) is 6.20 Å². The van der Waals surface area contributed by atoms with Crippen LogP contribution in [-0.4, -0.2) is 56.5 Å². The van der Waals surface area contributed by atoms with E-state index in [4.69, 9.17) is 0 Å². The Morgan fingerprint density at radius 3 is 3.00 bits per heavy atom. The van der Waals surface area contributed by atoms with Crippen LogP contribution >= 0.6 is 0 Å². The normalized spacial score (nSPS) is 19.9. The Morgan fingerprint density at radius 1 is 1.32 bits per heavy atom. The molecule has 0 fully saturated rings. The van der Waals surface area contributed by atoms with Gasteiger partial charge in [-0.05, 0) is 30.8 Å². The molecule has 4 heterocycles. The molecule has 0 bridgehead atoms. The number of fused-ring (bicyclic) bond motifs is 2. The second-order valence-electron chi connectivity index (χ2n) is 8.50. The number of rotatable bonds is 4. The van der Waals surface area contributed by atoms with E-state index in [0.29, 0.717) is 29.6 Å². The third-order valence-corrected chi connectivity index (χ3v) is 6.09. The summed E-state index contributed by atoms with van der Waals surface area (Å²) in [5, 5.41) is 30.7. The van der Waals surface area contributed by atoms with Crippen molar-refractivity contribution < 1.29 is 5.11 Å². The van der Waals surface area contributed by atoms with Gasteiger partial charge in [0.15, 0.2) is 5.82 Å². The van der Waals surface area contributed by atoms with Crippen molar-refractivity contribution in [3.8, 4) is 17.3 Å². The van der Waals surface area contributed by atoms with Crippen molar-refractivity contribution in [2.45, 2.75) is 25.4 Å². The van der Waals surface area contributed by atoms with Crippen LogP contribution in [0.5, 0.6) is 0 Å². The van der Waals surface area contributed by atoms with E-state index in [9.17, 15) is 10.4 Å². The van der Waals surface area contributed by atoms with Crippen LogP contribution in [0.15, 0.2) is 30.5 Å². The van der Waals surface area contributed by atoms with Gasteiger partial charge in [0.2, 0.25) is 5.95 Å². The van der Waals surface area contributed by atoms with Crippen LogP contribution in [0, 0.1) is 11.3 Å². The first kappa shape index (κ1) is 19.5. The van der Waals surface area contributed by atoms with Crippen LogP contribution in [0.25, 0.3) is 11.3 Å². The van der Waals surface area contributed by atoms with E-state index in [-0.39, 0.29) is 6.61 Å². The van der Waals surface area contributed by atoms with Crippen LogP contribution in [0.1, 0.15) is 23.7 Å². The predicted molar refractivity (Wildman–Crippen MR) is 117 cm³/mol. The molecule has 0 amide bonds. The molecule has 5 rings (SSSR count). The van der Waals surface area contributed by atoms with Crippen LogP contribution < -0.4 is 10.6 Å². The molecule has 0 aliphatic carbocycles.